The quantitative estimate of drug-likeness (QED) is 0.359. The smallest absolute Gasteiger partial charge is 0.337 e. The first-order valence-electron chi connectivity index (χ1n) is 11.2. The van der Waals surface area contributed by atoms with Crippen LogP contribution in [0.15, 0.2) is 82.6 Å². The predicted molar refractivity (Wildman–Crippen MR) is 135 cm³/mol. The molecule has 0 radical (unpaired) electrons. The Hall–Kier alpha value is -4.24. The van der Waals surface area contributed by atoms with Crippen molar-refractivity contribution in [1.82, 2.24) is 10.6 Å². The number of esters is 1. The van der Waals surface area contributed by atoms with Crippen LogP contribution < -0.4 is 10.6 Å². The summed E-state index contributed by atoms with van der Waals surface area (Å²) in [6.45, 7) is 0.519. The van der Waals surface area contributed by atoms with Crippen LogP contribution in [0.5, 0.6) is 0 Å². The van der Waals surface area contributed by atoms with Gasteiger partial charge in [-0.05, 0) is 59.5 Å². The van der Waals surface area contributed by atoms with Crippen molar-refractivity contribution in [3.05, 3.63) is 94.4 Å². The lowest BCUT2D eigenvalue weighted by molar-refractivity contribution is -0.116. The highest BCUT2D eigenvalue weighted by atomic mass is 32.2. The van der Waals surface area contributed by atoms with Gasteiger partial charge < -0.3 is 15.4 Å². The van der Waals surface area contributed by atoms with E-state index in [0.29, 0.717) is 29.7 Å². The molecule has 1 aliphatic rings. The van der Waals surface area contributed by atoms with Crippen molar-refractivity contribution in [1.29, 1.82) is 0 Å². The van der Waals surface area contributed by atoms with Crippen molar-refractivity contribution in [3.63, 3.8) is 0 Å². The third-order valence-corrected chi connectivity index (χ3v) is 7.55. The van der Waals surface area contributed by atoms with Gasteiger partial charge in [-0.25, -0.2) is 13.2 Å². The van der Waals surface area contributed by atoms with Crippen LogP contribution in [0.3, 0.4) is 0 Å². The normalized spacial score (nSPS) is 13.3. The zero-order valence-corrected chi connectivity index (χ0v) is 20.3. The molecule has 0 unspecified atom stereocenters. The number of fused-ring (bicyclic) bond motifs is 1. The number of ether oxygens (including phenoxy) is 1. The van der Waals surface area contributed by atoms with Crippen LogP contribution in [-0.4, -0.2) is 46.4 Å². The Morgan fingerprint density at radius 2 is 1.31 bits per heavy atom. The average Bonchev–Trinajstić information content (AvgIpc) is 3.18. The van der Waals surface area contributed by atoms with E-state index in [1.807, 2.05) is 12.1 Å². The van der Waals surface area contributed by atoms with Crippen molar-refractivity contribution in [2.24, 2.45) is 0 Å². The molecule has 1 heterocycles. The van der Waals surface area contributed by atoms with E-state index >= 15 is 0 Å². The molecule has 0 aliphatic carbocycles. The van der Waals surface area contributed by atoms with E-state index in [0.717, 1.165) is 11.1 Å². The van der Waals surface area contributed by atoms with Gasteiger partial charge in [0.2, 0.25) is 9.84 Å². The molecule has 2 N–H and O–H groups in total. The molecule has 3 aromatic rings. The Balaban J connectivity index is 1.24. The van der Waals surface area contributed by atoms with Gasteiger partial charge in [0.25, 0.3) is 11.8 Å². The van der Waals surface area contributed by atoms with Gasteiger partial charge in [0.15, 0.2) is 0 Å². The second-order valence-corrected chi connectivity index (χ2v) is 9.95. The number of hydrogen-bond acceptors (Lipinski definition) is 6. The number of amides is 2. The Kier molecular flexibility index (Phi) is 7.30. The highest BCUT2D eigenvalue weighted by molar-refractivity contribution is 7.96. The Morgan fingerprint density at radius 1 is 0.750 bits per heavy atom. The number of rotatable bonds is 8. The molecule has 4 rings (SSSR count). The highest BCUT2D eigenvalue weighted by Crippen LogP contribution is 2.32. The Labute approximate surface area is 208 Å². The van der Waals surface area contributed by atoms with E-state index in [9.17, 15) is 22.8 Å². The fourth-order valence-corrected chi connectivity index (χ4v) is 5.31. The first-order valence-corrected chi connectivity index (χ1v) is 12.7. The van der Waals surface area contributed by atoms with E-state index in [4.69, 9.17) is 4.74 Å². The zero-order valence-electron chi connectivity index (χ0n) is 19.5. The molecule has 3 aromatic carbocycles. The molecule has 0 aromatic heterocycles. The van der Waals surface area contributed by atoms with Gasteiger partial charge in [-0.1, -0.05) is 42.5 Å². The van der Waals surface area contributed by atoms with Crippen molar-refractivity contribution < 1.29 is 27.5 Å². The summed E-state index contributed by atoms with van der Waals surface area (Å²) in [5.41, 5.74) is 3.23. The van der Waals surface area contributed by atoms with E-state index in [1.54, 1.807) is 54.6 Å². The summed E-state index contributed by atoms with van der Waals surface area (Å²) < 4.78 is 29.7. The van der Waals surface area contributed by atoms with E-state index < -0.39 is 21.7 Å². The third kappa shape index (κ3) is 5.21. The standard InChI is InChI=1S/C27H24N2O6S/c1-35-27(32)21-13-9-19(10-14-21)18-7-11-20(12-8-18)25(30)28-15-4-16-29-26(31)24-17-22-5-2-3-6-23(22)36(24,33)34/h2-3,5-14,17H,4,15-16H2,1H3,(H,28,30)(H,29,31). The molecule has 1 aliphatic heterocycles. The maximum Gasteiger partial charge on any atom is 0.337 e. The van der Waals surface area contributed by atoms with Gasteiger partial charge in [-0.3, -0.25) is 9.59 Å². The summed E-state index contributed by atoms with van der Waals surface area (Å²) in [6, 6.07) is 20.5. The fraction of sp³-hybridized carbons (Fsp3) is 0.148. The number of nitrogens with one attached hydrogen (secondary N) is 2. The first kappa shape index (κ1) is 24.9. The van der Waals surface area contributed by atoms with Gasteiger partial charge in [-0.15, -0.1) is 0 Å². The molecule has 9 heteroatoms. The molecule has 8 nitrogen and oxygen atoms in total. The minimum absolute atomic E-state index is 0.131. The van der Waals surface area contributed by atoms with E-state index in [2.05, 4.69) is 10.6 Å². The zero-order chi connectivity index (χ0) is 25.7. The number of benzene rings is 3. The van der Waals surface area contributed by atoms with E-state index in [-0.39, 0.29) is 22.3 Å². The number of methoxy groups -OCH3 is 1. The maximum atomic E-state index is 12.5. The van der Waals surface area contributed by atoms with Gasteiger partial charge in [0.05, 0.1) is 17.6 Å². The minimum Gasteiger partial charge on any atom is -0.465 e. The molecule has 0 spiro atoms. The highest BCUT2D eigenvalue weighted by Gasteiger charge is 2.33. The number of sulfone groups is 1. The Bertz CT molecular complexity index is 1440. The second-order valence-electron chi connectivity index (χ2n) is 8.06. The van der Waals surface area contributed by atoms with E-state index in [1.165, 1.54) is 19.3 Å². The second kappa shape index (κ2) is 10.6. The SMILES string of the molecule is COC(=O)c1ccc(-c2ccc(C(=O)NCCCNC(=O)C3=Cc4ccccc4S3(=O)=O)cc2)cc1. The predicted octanol–water partition coefficient (Wildman–Crippen LogP) is 3.20. The molecule has 2 amide bonds. The van der Waals surface area contributed by atoms with Crippen molar-refractivity contribution in [3.8, 4) is 11.1 Å². The molecule has 0 bridgehead atoms. The van der Waals surface area contributed by atoms with Crippen LogP contribution in [0.1, 0.15) is 32.7 Å². The molecule has 0 fully saturated rings. The fourth-order valence-electron chi connectivity index (χ4n) is 3.78. The molecule has 0 saturated heterocycles. The van der Waals surface area contributed by atoms with Crippen LogP contribution >= 0.6 is 0 Å². The third-order valence-electron chi connectivity index (χ3n) is 5.72. The van der Waals surface area contributed by atoms with Crippen LogP contribution in [0.4, 0.5) is 0 Å². The number of hydrogen-bond donors (Lipinski definition) is 2. The topological polar surface area (TPSA) is 119 Å². The lowest BCUT2D eigenvalue weighted by Crippen LogP contribution is -2.31. The summed E-state index contributed by atoms with van der Waals surface area (Å²) in [6.07, 6.45) is 1.81. The summed E-state index contributed by atoms with van der Waals surface area (Å²) >= 11 is 0. The average molecular weight is 505 g/mol. The largest absolute Gasteiger partial charge is 0.465 e. The van der Waals surface area contributed by atoms with Crippen LogP contribution in [0, 0.1) is 0 Å². The minimum atomic E-state index is -3.81. The lowest BCUT2D eigenvalue weighted by atomic mass is 10.0. The maximum absolute atomic E-state index is 12.5. The lowest BCUT2D eigenvalue weighted by Gasteiger charge is -2.08. The molecule has 0 atom stereocenters. The van der Waals surface area contributed by atoms with Crippen LogP contribution in [-0.2, 0) is 19.4 Å². The summed E-state index contributed by atoms with van der Waals surface area (Å²) in [5, 5.41) is 5.39. The van der Waals surface area contributed by atoms with Gasteiger partial charge in [0.1, 0.15) is 4.91 Å². The first-order chi connectivity index (χ1) is 17.3. The number of carbonyl (C=O) groups excluding carboxylic acids is 3. The molecule has 0 saturated carbocycles. The molecule has 36 heavy (non-hydrogen) atoms. The van der Waals surface area contributed by atoms with Crippen molar-refractivity contribution >= 4 is 33.7 Å². The summed E-state index contributed by atoms with van der Waals surface area (Å²) in [4.78, 5) is 36.2. The molecular formula is C27H24N2O6S. The van der Waals surface area contributed by atoms with Crippen molar-refractivity contribution in [2.45, 2.75) is 11.3 Å². The van der Waals surface area contributed by atoms with Crippen LogP contribution in [0.25, 0.3) is 17.2 Å². The molecular weight excluding hydrogens is 480 g/mol. The van der Waals surface area contributed by atoms with Crippen LogP contribution in [0.2, 0.25) is 0 Å². The summed E-state index contributed by atoms with van der Waals surface area (Å²) in [5.74, 6) is -1.32. The van der Waals surface area contributed by atoms with Gasteiger partial charge in [-0.2, -0.15) is 0 Å². The Morgan fingerprint density at radius 3 is 1.89 bits per heavy atom. The molecule has 184 valence electrons. The van der Waals surface area contributed by atoms with Gasteiger partial charge >= 0.3 is 5.97 Å². The van der Waals surface area contributed by atoms with Crippen molar-refractivity contribution in [2.75, 3.05) is 20.2 Å². The monoisotopic (exact) mass is 504 g/mol. The summed E-state index contributed by atoms with van der Waals surface area (Å²) in [7, 11) is -2.48. The number of carbonyl (C=O) groups is 3. The van der Waals surface area contributed by atoms with Gasteiger partial charge in [0, 0.05) is 18.7 Å².